The van der Waals surface area contributed by atoms with Crippen LogP contribution in [0, 0.1) is 12.7 Å². The first-order chi connectivity index (χ1) is 12.8. The second-order valence-electron chi connectivity index (χ2n) is 5.92. The summed E-state index contributed by atoms with van der Waals surface area (Å²) in [6.07, 6.45) is 0. The van der Waals surface area contributed by atoms with Gasteiger partial charge in [0.2, 0.25) is 0 Å². The minimum Gasteiger partial charge on any atom is -0.322 e. The summed E-state index contributed by atoms with van der Waals surface area (Å²) < 4.78 is 41.0. The lowest BCUT2D eigenvalue weighted by Crippen LogP contribution is -2.15. The van der Waals surface area contributed by atoms with Crippen molar-refractivity contribution in [2.24, 2.45) is 0 Å². The number of carbonyl (C=O) groups is 1. The van der Waals surface area contributed by atoms with Crippen molar-refractivity contribution in [1.29, 1.82) is 0 Å². The normalized spacial score (nSPS) is 11.0. The lowest BCUT2D eigenvalue weighted by Gasteiger charge is -2.10. The van der Waals surface area contributed by atoms with Crippen LogP contribution in [0.15, 0.2) is 77.7 Å². The SMILES string of the molecule is Cc1ccc(S(=O)(=O)Nc2cccc(C(=O)Nc3ccccc3)c2)cc1F. The molecule has 2 N–H and O–H groups in total. The Kier molecular flexibility index (Phi) is 5.23. The van der Waals surface area contributed by atoms with Crippen molar-refractivity contribution >= 4 is 27.3 Å². The number of halogens is 1. The molecule has 0 radical (unpaired) electrons. The molecule has 27 heavy (non-hydrogen) atoms. The molecule has 1 amide bonds. The Morgan fingerprint density at radius 3 is 2.30 bits per heavy atom. The molecule has 3 aromatic rings. The van der Waals surface area contributed by atoms with Crippen molar-refractivity contribution in [2.75, 3.05) is 10.0 Å². The van der Waals surface area contributed by atoms with Crippen molar-refractivity contribution < 1.29 is 17.6 Å². The Bertz CT molecular complexity index is 1080. The number of amides is 1. The van der Waals surface area contributed by atoms with Crippen LogP contribution in [0.3, 0.4) is 0 Å². The maximum Gasteiger partial charge on any atom is 0.261 e. The topological polar surface area (TPSA) is 75.3 Å². The Hall–Kier alpha value is -3.19. The third-order valence-electron chi connectivity index (χ3n) is 3.86. The molecular formula is C20H17FN2O3S. The van der Waals surface area contributed by atoms with E-state index in [0.29, 0.717) is 11.3 Å². The molecule has 0 bridgehead atoms. The van der Waals surface area contributed by atoms with Crippen molar-refractivity contribution in [2.45, 2.75) is 11.8 Å². The molecule has 0 fully saturated rings. The number of rotatable bonds is 5. The van der Waals surface area contributed by atoms with Crippen LogP contribution in [0.25, 0.3) is 0 Å². The monoisotopic (exact) mass is 384 g/mol. The van der Waals surface area contributed by atoms with Gasteiger partial charge in [0.1, 0.15) is 5.82 Å². The van der Waals surface area contributed by atoms with Crippen LogP contribution >= 0.6 is 0 Å². The summed E-state index contributed by atoms with van der Waals surface area (Å²) in [4.78, 5) is 12.2. The fraction of sp³-hybridized carbons (Fsp3) is 0.0500. The Morgan fingerprint density at radius 1 is 0.889 bits per heavy atom. The van der Waals surface area contributed by atoms with Gasteiger partial charge < -0.3 is 5.32 Å². The summed E-state index contributed by atoms with van der Waals surface area (Å²) >= 11 is 0. The average molecular weight is 384 g/mol. The van der Waals surface area contributed by atoms with Crippen molar-refractivity contribution in [3.8, 4) is 0 Å². The highest BCUT2D eigenvalue weighted by Crippen LogP contribution is 2.20. The van der Waals surface area contributed by atoms with Gasteiger partial charge in [0.05, 0.1) is 4.90 Å². The third kappa shape index (κ3) is 4.51. The quantitative estimate of drug-likeness (QED) is 0.693. The molecule has 3 aromatic carbocycles. The molecule has 138 valence electrons. The van der Waals surface area contributed by atoms with Gasteiger partial charge in [-0.1, -0.05) is 30.3 Å². The summed E-state index contributed by atoms with van der Waals surface area (Å²) in [7, 11) is -3.98. The minimum absolute atomic E-state index is 0.190. The number of sulfonamides is 1. The molecule has 0 saturated heterocycles. The summed E-state index contributed by atoms with van der Waals surface area (Å²) in [5.41, 5.74) is 1.47. The number of hydrogen-bond acceptors (Lipinski definition) is 3. The van der Waals surface area contributed by atoms with Crippen LogP contribution in [-0.4, -0.2) is 14.3 Å². The zero-order valence-corrected chi connectivity index (χ0v) is 15.3. The van der Waals surface area contributed by atoms with E-state index in [1.807, 2.05) is 6.07 Å². The Labute approximate surface area is 156 Å². The standard InChI is InChI=1S/C20H17FN2O3S/c1-14-10-11-18(13-19(14)21)27(25,26)23-17-9-5-6-15(12-17)20(24)22-16-7-3-2-4-8-16/h2-13,23H,1H3,(H,22,24). The molecule has 0 unspecified atom stereocenters. The van der Waals surface area contributed by atoms with E-state index in [9.17, 15) is 17.6 Å². The van der Waals surface area contributed by atoms with Crippen LogP contribution in [0.1, 0.15) is 15.9 Å². The molecule has 0 atom stereocenters. The van der Waals surface area contributed by atoms with Crippen LogP contribution in [0.2, 0.25) is 0 Å². The van der Waals surface area contributed by atoms with Crippen molar-refractivity contribution in [1.82, 2.24) is 0 Å². The molecule has 0 aliphatic heterocycles. The van der Waals surface area contributed by atoms with Crippen molar-refractivity contribution in [3.05, 3.63) is 89.7 Å². The maximum absolute atomic E-state index is 13.7. The van der Waals surface area contributed by atoms with E-state index in [1.54, 1.807) is 43.3 Å². The highest BCUT2D eigenvalue weighted by Gasteiger charge is 2.16. The number of hydrogen-bond donors (Lipinski definition) is 2. The van der Waals surface area contributed by atoms with Gasteiger partial charge in [-0.15, -0.1) is 0 Å². The molecule has 0 aliphatic carbocycles. The van der Waals surface area contributed by atoms with E-state index in [4.69, 9.17) is 0 Å². The third-order valence-corrected chi connectivity index (χ3v) is 5.24. The smallest absolute Gasteiger partial charge is 0.261 e. The average Bonchev–Trinajstić information content (AvgIpc) is 2.64. The number of carbonyl (C=O) groups excluding carboxylic acids is 1. The van der Waals surface area contributed by atoms with Crippen LogP contribution in [-0.2, 0) is 10.0 Å². The summed E-state index contributed by atoms with van der Waals surface area (Å²) in [6.45, 7) is 1.55. The number of nitrogens with one attached hydrogen (secondary N) is 2. The molecule has 0 spiro atoms. The summed E-state index contributed by atoms with van der Waals surface area (Å²) in [6, 6.07) is 18.7. The number of para-hydroxylation sites is 1. The Balaban J connectivity index is 1.80. The Morgan fingerprint density at radius 2 is 1.59 bits per heavy atom. The van der Waals surface area contributed by atoms with Gasteiger partial charge in [0.15, 0.2) is 0 Å². The fourth-order valence-electron chi connectivity index (χ4n) is 2.40. The van der Waals surface area contributed by atoms with E-state index in [-0.39, 0.29) is 22.1 Å². The highest BCUT2D eigenvalue weighted by molar-refractivity contribution is 7.92. The summed E-state index contributed by atoms with van der Waals surface area (Å²) in [5, 5.41) is 2.73. The molecule has 0 saturated carbocycles. The lowest BCUT2D eigenvalue weighted by molar-refractivity contribution is 0.102. The number of benzene rings is 3. The van der Waals surface area contributed by atoms with Crippen molar-refractivity contribution in [3.63, 3.8) is 0 Å². The lowest BCUT2D eigenvalue weighted by atomic mass is 10.2. The van der Waals surface area contributed by atoms with Crippen LogP contribution in [0.4, 0.5) is 15.8 Å². The first kappa shape index (κ1) is 18.6. The zero-order valence-electron chi connectivity index (χ0n) is 14.4. The number of aryl methyl sites for hydroxylation is 1. The predicted octanol–water partition coefficient (Wildman–Crippen LogP) is 4.19. The molecular weight excluding hydrogens is 367 g/mol. The molecule has 0 aromatic heterocycles. The van der Waals surface area contributed by atoms with E-state index in [0.717, 1.165) is 6.07 Å². The maximum atomic E-state index is 13.7. The predicted molar refractivity (Wildman–Crippen MR) is 103 cm³/mol. The van der Waals surface area contributed by atoms with E-state index < -0.39 is 15.8 Å². The first-order valence-electron chi connectivity index (χ1n) is 8.10. The van der Waals surface area contributed by atoms with Crippen LogP contribution < -0.4 is 10.0 Å². The van der Waals surface area contributed by atoms with Gasteiger partial charge in [-0.2, -0.15) is 0 Å². The molecule has 0 heterocycles. The van der Waals surface area contributed by atoms with E-state index in [2.05, 4.69) is 10.0 Å². The van der Waals surface area contributed by atoms with Crippen LogP contribution in [0.5, 0.6) is 0 Å². The van der Waals surface area contributed by atoms with E-state index in [1.165, 1.54) is 24.3 Å². The minimum atomic E-state index is -3.98. The van der Waals surface area contributed by atoms with Gasteiger partial charge in [-0.05, 0) is 55.0 Å². The molecule has 5 nitrogen and oxygen atoms in total. The molecule has 0 aliphatic rings. The van der Waals surface area contributed by atoms with Gasteiger partial charge in [-0.25, -0.2) is 12.8 Å². The van der Waals surface area contributed by atoms with Gasteiger partial charge in [0, 0.05) is 16.9 Å². The highest BCUT2D eigenvalue weighted by atomic mass is 32.2. The second kappa shape index (κ2) is 7.59. The largest absolute Gasteiger partial charge is 0.322 e. The van der Waals surface area contributed by atoms with Gasteiger partial charge in [0.25, 0.3) is 15.9 Å². The second-order valence-corrected chi connectivity index (χ2v) is 7.60. The molecule has 3 rings (SSSR count). The summed E-state index contributed by atoms with van der Waals surface area (Å²) in [5.74, 6) is -0.975. The molecule has 7 heteroatoms. The number of anilines is 2. The fourth-order valence-corrected chi connectivity index (χ4v) is 3.46. The van der Waals surface area contributed by atoms with Gasteiger partial charge >= 0.3 is 0 Å². The first-order valence-corrected chi connectivity index (χ1v) is 9.59. The van der Waals surface area contributed by atoms with E-state index >= 15 is 0 Å². The van der Waals surface area contributed by atoms with Gasteiger partial charge in [-0.3, -0.25) is 9.52 Å². The zero-order chi connectivity index (χ0) is 19.4.